The highest BCUT2D eigenvalue weighted by atomic mass is 16.5. The number of hydrogen-bond acceptors (Lipinski definition) is 3. The highest BCUT2D eigenvalue weighted by Crippen LogP contribution is 2.29. The Kier molecular flexibility index (Phi) is 1.95. The Labute approximate surface area is 64.9 Å². The van der Waals surface area contributed by atoms with Gasteiger partial charge >= 0.3 is 0 Å². The van der Waals surface area contributed by atoms with Gasteiger partial charge in [0.05, 0.1) is 0 Å². The van der Waals surface area contributed by atoms with Gasteiger partial charge in [0, 0.05) is 5.56 Å². The highest BCUT2D eigenvalue weighted by Gasteiger charge is 2.17. The van der Waals surface area contributed by atoms with Crippen molar-refractivity contribution in [3.05, 3.63) is 34.9 Å². The fourth-order valence-corrected chi connectivity index (χ4v) is 1.08. The van der Waals surface area contributed by atoms with E-state index in [4.69, 9.17) is 10.2 Å². The summed E-state index contributed by atoms with van der Waals surface area (Å²) in [6.45, 7) is 0. The fourth-order valence-electron chi connectivity index (χ4n) is 1.08. The molecule has 1 aromatic rings. The minimum Gasteiger partial charge on any atom is -0.364 e. The van der Waals surface area contributed by atoms with Crippen LogP contribution < -0.4 is 6.15 Å². The van der Waals surface area contributed by atoms with Crippen molar-refractivity contribution in [2.75, 3.05) is 0 Å². The molecule has 0 bridgehead atoms. The third-order valence-corrected chi connectivity index (χ3v) is 1.78. The zero-order valence-corrected chi connectivity index (χ0v) is 6.12. The van der Waals surface area contributed by atoms with E-state index in [-0.39, 0.29) is 6.15 Å². The molecular weight excluding hydrogens is 142 g/mol. The average Bonchev–Trinajstić information content (AvgIpc) is 2.63. The van der Waals surface area contributed by atoms with E-state index < -0.39 is 6.29 Å². The van der Waals surface area contributed by atoms with Crippen molar-refractivity contribution in [3.8, 4) is 0 Å². The lowest BCUT2D eigenvalue weighted by Gasteiger charge is -1.99. The van der Waals surface area contributed by atoms with Gasteiger partial charge < -0.3 is 16.4 Å². The Morgan fingerprint density at radius 3 is 2.45 bits per heavy atom. The first-order chi connectivity index (χ1) is 4.77. The van der Waals surface area contributed by atoms with E-state index in [1.54, 1.807) is 6.07 Å². The topological polar surface area (TPSA) is 75.5 Å². The summed E-state index contributed by atoms with van der Waals surface area (Å²) in [5, 5.41) is 17.5. The molecule has 2 rings (SSSR count). The molecule has 0 amide bonds. The maximum Gasteiger partial charge on any atom is 0.178 e. The van der Waals surface area contributed by atoms with Gasteiger partial charge in [-0.25, -0.2) is 0 Å². The second-order valence-corrected chi connectivity index (χ2v) is 2.58. The van der Waals surface area contributed by atoms with E-state index in [9.17, 15) is 0 Å². The minimum absolute atomic E-state index is 0. The van der Waals surface area contributed by atoms with Crippen molar-refractivity contribution in [1.82, 2.24) is 6.15 Å². The van der Waals surface area contributed by atoms with Crippen molar-refractivity contribution in [3.63, 3.8) is 0 Å². The highest BCUT2D eigenvalue weighted by molar-refractivity contribution is 5.47. The van der Waals surface area contributed by atoms with Gasteiger partial charge in [-0.15, -0.1) is 0 Å². The lowest BCUT2D eigenvalue weighted by molar-refractivity contribution is -0.0424. The van der Waals surface area contributed by atoms with Gasteiger partial charge in [-0.1, -0.05) is 18.2 Å². The standard InChI is InChI=1S/C8H8O2.H3N/c9-8(10)6-2-1-5-3-7(5)4-6;/h1-2,4,8-10H,3H2;1H3. The Hall–Kier alpha value is -0.900. The van der Waals surface area contributed by atoms with Crippen LogP contribution in [0.1, 0.15) is 23.0 Å². The van der Waals surface area contributed by atoms with E-state index >= 15 is 0 Å². The molecule has 1 aliphatic rings. The summed E-state index contributed by atoms with van der Waals surface area (Å²) in [6, 6.07) is 5.51. The number of aliphatic hydroxyl groups excluding tert-OH is 1. The molecule has 0 saturated heterocycles. The molecular formula is C8H11NO2. The molecule has 0 spiro atoms. The molecule has 1 aromatic carbocycles. The van der Waals surface area contributed by atoms with Gasteiger partial charge in [-0.05, 0) is 17.5 Å². The van der Waals surface area contributed by atoms with Gasteiger partial charge in [0.15, 0.2) is 6.29 Å². The third-order valence-electron chi connectivity index (χ3n) is 1.78. The number of fused-ring (bicyclic) bond motifs is 1. The predicted molar refractivity (Wildman–Crippen MR) is 41.4 cm³/mol. The molecule has 0 atom stereocenters. The maximum atomic E-state index is 8.73. The van der Waals surface area contributed by atoms with Crippen LogP contribution in [0.5, 0.6) is 0 Å². The largest absolute Gasteiger partial charge is 0.364 e. The SMILES string of the molecule is N.OC(O)c1ccc2c(c1)C2. The maximum absolute atomic E-state index is 8.73. The molecule has 60 valence electrons. The summed E-state index contributed by atoms with van der Waals surface area (Å²) in [7, 11) is 0. The van der Waals surface area contributed by atoms with Gasteiger partial charge in [0.1, 0.15) is 0 Å². The van der Waals surface area contributed by atoms with Crippen LogP contribution in [0.4, 0.5) is 0 Å². The Bertz CT molecular complexity index is 271. The van der Waals surface area contributed by atoms with Gasteiger partial charge in [-0.2, -0.15) is 0 Å². The van der Waals surface area contributed by atoms with E-state index in [2.05, 4.69) is 0 Å². The zero-order chi connectivity index (χ0) is 7.14. The van der Waals surface area contributed by atoms with E-state index in [1.807, 2.05) is 12.1 Å². The molecule has 1 aliphatic carbocycles. The summed E-state index contributed by atoms with van der Waals surface area (Å²) in [5.74, 6) is 0. The second kappa shape index (κ2) is 2.62. The van der Waals surface area contributed by atoms with Crippen molar-refractivity contribution in [2.45, 2.75) is 12.7 Å². The molecule has 3 heteroatoms. The fraction of sp³-hybridized carbons (Fsp3) is 0.250. The zero-order valence-electron chi connectivity index (χ0n) is 6.12. The molecule has 0 heterocycles. The monoisotopic (exact) mass is 153 g/mol. The second-order valence-electron chi connectivity index (χ2n) is 2.58. The molecule has 0 saturated carbocycles. The molecule has 0 aromatic heterocycles. The smallest absolute Gasteiger partial charge is 0.178 e. The van der Waals surface area contributed by atoms with Crippen molar-refractivity contribution < 1.29 is 10.2 Å². The normalized spacial score (nSPS) is 12.3. The first kappa shape index (κ1) is 8.20. The van der Waals surface area contributed by atoms with E-state index in [0.717, 1.165) is 6.42 Å². The Morgan fingerprint density at radius 1 is 1.18 bits per heavy atom. The summed E-state index contributed by atoms with van der Waals surface area (Å²) < 4.78 is 0. The average molecular weight is 153 g/mol. The first-order valence-electron chi connectivity index (χ1n) is 3.25. The first-order valence-corrected chi connectivity index (χ1v) is 3.25. The summed E-state index contributed by atoms with van der Waals surface area (Å²) in [6.07, 6.45) is -0.293. The van der Waals surface area contributed by atoms with Crippen LogP contribution in [0, 0.1) is 0 Å². The lowest BCUT2D eigenvalue weighted by Crippen LogP contribution is -1.92. The molecule has 3 nitrogen and oxygen atoms in total. The van der Waals surface area contributed by atoms with E-state index in [1.165, 1.54) is 11.1 Å². The van der Waals surface area contributed by atoms with Gasteiger partial charge in [0.2, 0.25) is 0 Å². The van der Waals surface area contributed by atoms with Crippen LogP contribution in [0.15, 0.2) is 18.2 Å². The Balaban J connectivity index is 0.000000605. The summed E-state index contributed by atoms with van der Waals surface area (Å²) >= 11 is 0. The van der Waals surface area contributed by atoms with Crippen LogP contribution >= 0.6 is 0 Å². The third kappa shape index (κ3) is 1.40. The molecule has 0 radical (unpaired) electrons. The van der Waals surface area contributed by atoms with Crippen molar-refractivity contribution in [2.24, 2.45) is 0 Å². The quantitative estimate of drug-likeness (QED) is 0.529. The number of benzene rings is 1. The van der Waals surface area contributed by atoms with Crippen LogP contribution in [-0.2, 0) is 6.42 Å². The Morgan fingerprint density at radius 2 is 1.91 bits per heavy atom. The molecule has 0 unspecified atom stereocenters. The molecule has 0 fully saturated rings. The van der Waals surface area contributed by atoms with Crippen LogP contribution in [0.25, 0.3) is 0 Å². The van der Waals surface area contributed by atoms with Crippen LogP contribution in [0.2, 0.25) is 0 Å². The summed E-state index contributed by atoms with van der Waals surface area (Å²) in [5.41, 5.74) is 3.16. The van der Waals surface area contributed by atoms with Crippen LogP contribution in [-0.4, -0.2) is 10.2 Å². The van der Waals surface area contributed by atoms with Crippen LogP contribution in [0.3, 0.4) is 0 Å². The van der Waals surface area contributed by atoms with Gasteiger partial charge in [0.25, 0.3) is 0 Å². The van der Waals surface area contributed by atoms with Crippen molar-refractivity contribution in [1.29, 1.82) is 0 Å². The lowest BCUT2D eigenvalue weighted by atomic mass is 10.2. The molecule has 0 aliphatic heterocycles. The minimum atomic E-state index is -1.31. The summed E-state index contributed by atoms with van der Waals surface area (Å²) in [4.78, 5) is 0. The van der Waals surface area contributed by atoms with Crippen molar-refractivity contribution >= 4 is 0 Å². The van der Waals surface area contributed by atoms with Gasteiger partial charge in [-0.3, -0.25) is 0 Å². The number of rotatable bonds is 1. The predicted octanol–water partition coefficient (Wildman–Crippen LogP) is 0.736. The van der Waals surface area contributed by atoms with E-state index in [0.29, 0.717) is 5.56 Å². The molecule has 5 N–H and O–H groups in total. The number of hydrogen-bond donors (Lipinski definition) is 3. The molecule has 11 heavy (non-hydrogen) atoms. The number of aliphatic hydroxyl groups is 2.